The van der Waals surface area contributed by atoms with Crippen molar-refractivity contribution in [2.75, 3.05) is 23.7 Å². The van der Waals surface area contributed by atoms with Crippen molar-refractivity contribution >= 4 is 17.3 Å². The van der Waals surface area contributed by atoms with Crippen LogP contribution in [0, 0.1) is 6.92 Å². The van der Waals surface area contributed by atoms with Gasteiger partial charge in [-0.15, -0.1) is 0 Å². The van der Waals surface area contributed by atoms with Crippen molar-refractivity contribution < 1.29 is 4.79 Å². The number of aryl methyl sites for hydroxylation is 1. The lowest BCUT2D eigenvalue weighted by Gasteiger charge is -2.20. The van der Waals surface area contributed by atoms with Crippen molar-refractivity contribution in [3.63, 3.8) is 0 Å². The molecular formula is C15H23N3O. The highest BCUT2D eigenvalue weighted by Crippen LogP contribution is 2.31. The molecule has 0 bridgehead atoms. The molecule has 0 aromatic heterocycles. The number of anilines is 2. The molecule has 3 N–H and O–H groups in total. The number of nitrogens with zero attached hydrogens (tertiary/aromatic N) is 1. The summed E-state index contributed by atoms with van der Waals surface area (Å²) >= 11 is 0. The minimum atomic E-state index is 0.114. The van der Waals surface area contributed by atoms with Gasteiger partial charge in [-0.25, -0.2) is 0 Å². The van der Waals surface area contributed by atoms with E-state index in [0.29, 0.717) is 6.42 Å². The number of nitrogens with one attached hydrogen (secondary N) is 1. The van der Waals surface area contributed by atoms with Crippen LogP contribution >= 0.6 is 0 Å². The molecule has 0 spiro atoms. The Labute approximate surface area is 115 Å². The molecule has 0 saturated carbocycles. The lowest BCUT2D eigenvalue weighted by Crippen LogP contribution is -2.33. The topological polar surface area (TPSA) is 58.4 Å². The van der Waals surface area contributed by atoms with E-state index in [0.717, 1.165) is 30.8 Å². The summed E-state index contributed by atoms with van der Waals surface area (Å²) in [7, 11) is 0. The molecule has 19 heavy (non-hydrogen) atoms. The van der Waals surface area contributed by atoms with Gasteiger partial charge < -0.3 is 16.0 Å². The van der Waals surface area contributed by atoms with Crippen LogP contribution < -0.4 is 16.0 Å². The van der Waals surface area contributed by atoms with Crippen molar-refractivity contribution in [2.45, 2.75) is 39.7 Å². The van der Waals surface area contributed by atoms with Gasteiger partial charge in [-0.2, -0.15) is 0 Å². The van der Waals surface area contributed by atoms with Crippen molar-refractivity contribution in [3.05, 3.63) is 23.3 Å². The Balaban J connectivity index is 1.99. The molecule has 1 aromatic rings. The number of nitrogens with two attached hydrogens (primary N) is 1. The molecule has 1 heterocycles. The first-order valence-electron chi connectivity index (χ1n) is 6.90. The average molecular weight is 261 g/mol. The molecule has 1 amide bonds. The molecular weight excluding hydrogens is 238 g/mol. The van der Waals surface area contributed by atoms with E-state index in [-0.39, 0.29) is 11.9 Å². The van der Waals surface area contributed by atoms with E-state index in [1.165, 1.54) is 11.3 Å². The molecule has 104 valence electrons. The highest BCUT2D eigenvalue weighted by atomic mass is 16.1. The Morgan fingerprint density at radius 2 is 2.21 bits per heavy atom. The number of carbonyl (C=O) groups is 1. The quantitative estimate of drug-likeness (QED) is 0.813. The van der Waals surface area contributed by atoms with Gasteiger partial charge in [0.15, 0.2) is 0 Å². The zero-order valence-corrected chi connectivity index (χ0v) is 12.0. The van der Waals surface area contributed by atoms with Gasteiger partial charge in [0.05, 0.1) is 0 Å². The average Bonchev–Trinajstić information content (AvgIpc) is 2.69. The summed E-state index contributed by atoms with van der Waals surface area (Å²) in [6, 6.07) is 4.41. The van der Waals surface area contributed by atoms with Crippen LogP contribution in [-0.2, 0) is 11.2 Å². The van der Waals surface area contributed by atoms with Gasteiger partial charge in [0, 0.05) is 36.9 Å². The summed E-state index contributed by atoms with van der Waals surface area (Å²) in [6.07, 6.45) is 1.58. The van der Waals surface area contributed by atoms with Gasteiger partial charge in [0.2, 0.25) is 5.91 Å². The second-order valence-corrected chi connectivity index (χ2v) is 5.55. The van der Waals surface area contributed by atoms with Gasteiger partial charge in [-0.3, -0.25) is 4.79 Å². The number of benzene rings is 1. The van der Waals surface area contributed by atoms with Crippen molar-refractivity contribution in [1.29, 1.82) is 0 Å². The zero-order chi connectivity index (χ0) is 14.0. The van der Waals surface area contributed by atoms with Crippen LogP contribution in [0.3, 0.4) is 0 Å². The van der Waals surface area contributed by atoms with Crippen molar-refractivity contribution in [3.8, 4) is 0 Å². The predicted octanol–water partition coefficient (Wildman–Crippen LogP) is 1.85. The molecule has 4 nitrogen and oxygen atoms in total. The molecule has 4 heteroatoms. The standard InChI is InChI=1S/C15H23N3O/c1-10(2)17-15(19)5-7-18-6-4-12-8-11(3)13(16)9-14(12)18/h8-10H,4-7,16H2,1-3H3,(H,17,19). The van der Waals surface area contributed by atoms with E-state index in [1.807, 2.05) is 26.8 Å². The lowest BCUT2D eigenvalue weighted by molar-refractivity contribution is -0.121. The summed E-state index contributed by atoms with van der Waals surface area (Å²) in [6.45, 7) is 7.73. The Bertz CT molecular complexity index is 483. The monoisotopic (exact) mass is 261 g/mol. The highest BCUT2D eigenvalue weighted by Gasteiger charge is 2.20. The number of amides is 1. The first kappa shape index (κ1) is 13.7. The molecule has 0 fully saturated rings. The number of rotatable bonds is 4. The van der Waals surface area contributed by atoms with Crippen LogP contribution in [-0.4, -0.2) is 25.0 Å². The molecule has 1 aliphatic heterocycles. The van der Waals surface area contributed by atoms with Crippen LogP contribution in [0.15, 0.2) is 12.1 Å². The number of hydrogen-bond acceptors (Lipinski definition) is 3. The Hall–Kier alpha value is -1.71. The molecule has 0 saturated heterocycles. The van der Waals surface area contributed by atoms with Crippen LogP contribution in [0.2, 0.25) is 0 Å². The van der Waals surface area contributed by atoms with Gasteiger partial charge in [0.1, 0.15) is 0 Å². The fraction of sp³-hybridized carbons (Fsp3) is 0.533. The lowest BCUT2D eigenvalue weighted by atomic mass is 10.1. The Kier molecular flexibility index (Phi) is 3.98. The second-order valence-electron chi connectivity index (χ2n) is 5.55. The maximum atomic E-state index is 11.7. The number of nitrogen functional groups attached to an aromatic ring is 1. The number of carbonyl (C=O) groups excluding carboxylic acids is 1. The minimum Gasteiger partial charge on any atom is -0.398 e. The number of fused-ring (bicyclic) bond motifs is 1. The highest BCUT2D eigenvalue weighted by molar-refractivity contribution is 5.77. The third kappa shape index (κ3) is 3.19. The molecule has 0 aliphatic carbocycles. The predicted molar refractivity (Wildman–Crippen MR) is 79.4 cm³/mol. The normalized spacial score (nSPS) is 13.8. The molecule has 0 radical (unpaired) electrons. The SMILES string of the molecule is Cc1cc2c(cc1N)N(CCC(=O)NC(C)C)CC2. The number of hydrogen-bond donors (Lipinski definition) is 2. The van der Waals surface area contributed by atoms with Crippen molar-refractivity contribution in [1.82, 2.24) is 5.32 Å². The zero-order valence-electron chi connectivity index (χ0n) is 12.0. The van der Waals surface area contributed by atoms with E-state index in [1.54, 1.807) is 0 Å². The Morgan fingerprint density at radius 3 is 2.89 bits per heavy atom. The smallest absolute Gasteiger partial charge is 0.221 e. The summed E-state index contributed by atoms with van der Waals surface area (Å²) in [5.74, 6) is 0.114. The van der Waals surface area contributed by atoms with E-state index in [4.69, 9.17) is 5.73 Å². The van der Waals surface area contributed by atoms with Gasteiger partial charge in [0.25, 0.3) is 0 Å². The molecule has 1 aliphatic rings. The third-order valence-electron chi connectivity index (χ3n) is 3.52. The summed E-state index contributed by atoms with van der Waals surface area (Å²) in [5.41, 5.74) is 10.5. The summed E-state index contributed by atoms with van der Waals surface area (Å²) in [4.78, 5) is 13.9. The fourth-order valence-electron chi connectivity index (χ4n) is 2.51. The van der Waals surface area contributed by atoms with E-state index in [2.05, 4.69) is 16.3 Å². The van der Waals surface area contributed by atoms with Gasteiger partial charge >= 0.3 is 0 Å². The van der Waals surface area contributed by atoms with E-state index >= 15 is 0 Å². The fourth-order valence-corrected chi connectivity index (χ4v) is 2.51. The Morgan fingerprint density at radius 1 is 1.47 bits per heavy atom. The van der Waals surface area contributed by atoms with Crippen LogP contribution in [0.1, 0.15) is 31.4 Å². The maximum Gasteiger partial charge on any atom is 0.221 e. The summed E-state index contributed by atoms with van der Waals surface area (Å²) in [5, 5.41) is 2.92. The minimum absolute atomic E-state index is 0.114. The molecule has 2 rings (SSSR count). The van der Waals surface area contributed by atoms with E-state index in [9.17, 15) is 4.79 Å². The van der Waals surface area contributed by atoms with Crippen LogP contribution in [0.25, 0.3) is 0 Å². The first-order valence-corrected chi connectivity index (χ1v) is 6.90. The van der Waals surface area contributed by atoms with Crippen LogP contribution in [0.4, 0.5) is 11.4 Å². The van der Waals surface area contributed by atoms with Gasteiger partial charge in [-0.05, 0) is 44.4 Å². The molecule has 0 unspecified atom stereocenters. The largest absolute Gasteiger partial charge is 0.398 e. The first-order chi connectivity index (χ1) is 8.97. The molecule has 1 aromatic carbocycles. The van der Waals surface area contributed by atoms with Gasteiger partial charge in [-0.1, -0.05) is 6.07 Å². The summed E-state index contributed by atoms with van der Waals surface area (Å²) < 4.78 is 0. The third-order valence-corrected chi connectivity index (χ3v) is 3.52. The maximum absolute atomic E-state index is 11.7. The van der Waals surface area contributed by atoms with Crippen LogP contribution in [0.5, 0.6) is 0 Å². The van der Waals surface area contributed by atoms with E-state index < -0.39 is 0 Å². The molecule has 0 atom stereocenters. The van der Waals surface area contributed by atoms with Crippen molar-refractivity contribution in [2.24, 2.45) is 0 Å². The second kappa shape index (κ2) is 5.51.